The van der Waals surface area contributed by atoms with Crippen LogP contribution in [0, 0.1) is 10.1 Å². The highest BCUT2D eigenvalue weighted by Gasteiger charge is 2.20. The lowest BCUT2D eigenvalue weighted by atomic mass is 10.4. The van der Waals surface area contributed by atoms with E-state index in [0.29, 0.717) is 6.54 Å². The molecule has 1 N–H and O–H groups in total. The summed E-state index contributed by atoms with van der Waals surface area (Å²) >= 11 is 7.35. The number of nitrogens with zero attached hydrogens (tertiary/aromatic N) is 3. The van der Waals surface area contributed by atoms with Gasteiger partial charge < -0.3 is 5.32 Å². The molecule has 0 bridgehead atoms. The Bertz CT molecular complexity index is 377. The standard InChI is InChI=1S/C8H11ClN4O2S/c1-16-4-2-3-10-8-6(13(14)15)7(9)11-5-12-8/h5H,2-4H2,1H3,(H,10,11,12). The first kappa shape index (κ1) is 13.0. The summed E-state index contributed by atoms with van der Waals surface area (Å²) in [6.45, 7) is 0.620. The van der Waals surface area contributed by atoms with Gasteiger partial charge in [0.15, 0.2) is 0 Å². The van der Waals surface area contributed by atoms with E-state index in [1.807, 2.05) is 6.26 Å². The van der Waals surface area contributed by atoms with Gasteiger partial charge in [0.05, 0.1) is 4.92 Å². The minimum Gasteiger partial charge on any atom is -0.364 e. The number of thioether (sulfide) groups is 1. The van der Waals surface area contributed by atoms with Crippen molar-refractivity contribution in [2.24, 2.45) is 0 Å². The Balaban J connectivity index is 2.71. The highest BCUT2D eigenvalue weighted by Crippen LogP contribution is 2.27. The Hall–Kier alpha value is -1.08. The second-order valence-corrected chi connectivity index (χ2v) is 4.24. The predicted octanol–water partition coefficient (Wildman–Crippen LogP) is 2.20. The van der Waals surface area contributed by atoms with Crippen molar-refractivity contribution in [3.63, 3.8) is 0 Å². The lowest BCUT2D eigenvalue weighted by Gasteiger charge is -2.05. The average Bonchev–Trinajstić information content (AvgIpc) is 2.24. The molecule has 6 nitrogen and oxygen atoms in total. The fourth-order valence-corrected chi connectivity index (χ4v) is 1.71. The summed E-state index contributed by atoms with van der Waals surface area (Å²) in [4.78, 5) is 17.5. The molecule has 8 heteroatoms. The molecule has 0 aliphatic rings. The molecular formula is C8H11ClN4O2S. The molecule has 0 aliphatic carbocycles. The van der Waals surface area contributed by atoms with Crippen molar-refractivity contribution in [2.45, 2.75) is 6.42 Å². The number of aromatic nitrogens is 2. The van der Waals surface area contributed by atoms with Crippen LogP contribution < -0.4 is 5.32 Å². The SMILES string of the molecule is CSCCCNc1ncnc(Cl)c1[N+](=O)[O-]. The van der Waals surface area contributed by atoms with Crippen molar-refractivity contribution in [1.29, 1.82) is 0 Å². The van der Waals surface area contributed by atoms with E-state index in [0.717, 1.165) is 12.2 Å². The van der Waals surface area contributed by atoms with Gasteiger partial charge in [0.2, 0.25) is 11.0 Å². The summed E-state index contributed by atoms with van der Waals surface area (Å²) in [6, 6.07) is 0. The van der Waals surface area contributed by atoms with Gasteiger partial charge in [-0.05, 0) is 18.4 Å². The van der Waals surface area contributed by atoms with Gasteiger partial charge >= 0.3 is 5.69 Å². The number of anilines is 1. The molecule has 0 aliphatic heterocycles. The topological polar surface area (TPSA) is 81.0 Å². The number of hydrogen-bond donors (Lipinski definition) is 1. The van der Waals surface area contributed by atoms with Gasteiger partial charge in [-0.25, -0.2) is 9.97 Å². The Kier molecular flexibility index (Phi) is 5.27. The van der Waals surface area contributed by atoms with E-state index in [1.54, 1.807) is 11.8 Å². The van der Waals surface area contributed by atoms with Gasteiger partial charge in [-0.2, -0.15) is 11.8 Å². The molecular weight excluding hydrogens is 252 g/mol. The summed E-state index contributed by atoms with van der Waals surface area (Å²) in [5, 5.41) is 13.5. The maximum Gasteiger partial charge on any atom is 0.348 e. The molecule has 0 saturated carbocycles. The number of halogens is 1. The molecule has 0 spiro atoms. The minimum atomic E-state index is -0.584. The van der Waals surface area contributed by atoms with Crippen LogP contribution in [0.5, 0.6) is 0 Å². The van der Waals surface area contributed by atoms with E-state index in [1.165, 1.54) is 6.33 Å². The summed E-state index contributed by atoms with van der Waals surface area (Å²) in [6.07, 6.45) is 4.11. The molecule has 0 unspecified atom stereocenters. The van der Waals surface area contributed by atoms with Crippen LogP contribution in [0.15, 0.2) is 6.33 Å². The zero-order valence-electron chi connectivity index (χ0n) is 8.64. The molecule has 0 radical (unpaired) electrons. The first-order valence-electron chi connectivity index (χ1n) is 4.54. The van der Waals surface area contributed by atoms with Gasteiger partial charge in [-0.15, -0.1) is 0 Å². The molecule has 0 atom stereocenters. The normalized spacial score (nSPS) is 10.1. The molecule has 0 aromatic carbocycles. The summed E-state index contributed by atoms with van der Waals surface area (Å²) in [5.74, 6) is 1.16. The maximum absolute atomic E-state index is 10.7. The van der Waals surface area contributed by atoms with Crippen molar-refractivity contribution in [1.82, 2.24) is 9.97 Å². The molecule has 0 amide bonds. The number of rotatable bonds is 6. The lowest BCUT2D eigenvalue weighted by Crippen LogP contribution is -2.07. The van der Waals surface area contributed by atoms with Crippen LogP contribution in [0.1, 0.15) is 6.42 Å². The van der Waals surface area contributed by atoms with Crippen LogP contribution >= 0.6 is 23.4 Å². The van der Waals surface area contributed by atoms with E-state index >= 15 is 0 Å². The second kappa shape index (κ2) is 6.49. The monoisotopic (exact) mass is 262 g/mol. The van der Waals surface area contributed by atoms with E-state index < -0.39 is 4.92 Å². The quantitative estimate of drug-likeness (QED) is 0.366. The van der Waals surface area contributed by atoms with Gasteiger partial charge in [0.25, 0.3) is 0 Å². The summed E-state index contributed by atoms with van der Waals surface area (Å²) in [5.41, 5.74) is -0.270. The van der Waals surface area contributed by atoms with Gasteiger partial charge in [0.1, 0.15) is 6.33 Å². The summed E-state index contributed by atoms with van der Waals surface area (Å²) in [7, 11) is 0. The third-order valence-electron chi connectivity index (χ3n) is 1.78. The van der Waals surface area contributed by atoms with Crippen LogP contribution in [-0.4, -0.2) is 33.4 Å². The molecule has 1 aromatic heterocycles. The van der Waals surface area contributed by atoms with Crippen molar-refractivity contribution >= 4 is 34.9 Å². The first-order chi connectivity index (χ1) is 7.66. The molecule has 0 fully saturated rings. The van der Waals surface area contributed by atoms with Gasteiger partial charge in [0, 0.05) is 6.54 Å². The largest absolute Gasteiger partial charge is 0.364 e. The Morgan fingerprint density at radius 2 is 2.38 bits per heavy atom. The first-order valence-corrected chi connectivity index (χ1v) is 6.31. The molecule has 1 aromatic rings. The van der Waals surface area contributed by atoms with Crippen LogP contribution in [0.3, 0.4) is 0 Å². The lowest BCUT2D eigenvalue weighted by molar-refractivity contribution is -0.384. The van der Waals surface area contributed by atoms with E-state index in [9.17, 15) is 10.1 Å². The zero-order valence-corrected chi connectivity index (χ0v) is 10.2. The Labute approximate surface area is 102 Å². The van der Waals surface area contributed by atoms with E-state index in [-0.39, 0.29) is 16.7 Å². The van der Waals surface area contributed by atoms with Crippen molar-refractivity contribution in [2.75, 3.05) is 23.9 Å². The second-order valence-electron chi connectivity index (χ2n) is 2.89. The van der Waals surface area contributed by atoms with E-state index in [4.69, 9.17) is 11.6 Å². The van der Waals surface area contributed by atoms with Crippen molar-refractivity contribution in [3.8, 4) is 0 Å². The zero-order chi connectivity index (χ0) is 12.0. The number of hydrogen-bond acceptors (Lipinski definition) is 6. The Morgan fingerprint density at radius 1 is 1.62 bits per heavy atom. The van der Waals surface area contributed by atoms with Gasteiger partial charge in [-0.3, -0.25) is 10.1 Å². The minimum absolute atomic E-state index is 0.146. The van der Waals surface area contributed by atoms with Crippen LogP contribution in [-0.2, 0) is 0 Å². The fraction of sp³-hybridized carbons (Fsp3) is 0.500. The molecule has 1 rings (SSSR count). The van der Waals surface area contributed by atoms with Crippen molar-refractivity contribution in [3.05, 3.63) is 21.6 Å². The highest BCUT2D eigenvalue weighted by atomic mass is 35.5. The molecule has 16 heavy (non-hydrogen) atoms. The maximum atomic E-state index is 10.7. The van der Waals surface area contributed by atoms with Crippen molar-refractivity contribution < 1.29 is 4.92 Å². The number of nitrogens with one attached hydrogen (secondary N) is 1. The highest BCUT2D eigenvalue weighted by molar-refractivity contribution is 7.98. The molecule has 88 valence electrons. The van der Waals surface area contributed by atoms with Gasteiger partial charge in [-0.1, -0.05) is 11.6 Å². The van der Waals surface area contributed by atoms with Crippen LogP contribution in [0.25, 0.3) is 0 Å². The molecule has 1 heterocycles. The van der Waals surface area contributed by atoms with Crippen LogP contribution in [0.2, 0.25) is 5.15 Å². The fourth-order valence-electron chi connectivity index (χ4n) is 1.07. The third kappa shape index (κ3) is 3.49. The summed E-state index contributed by atoms with van der Waals surface area (Å²) < 4.78 is 0. The third-order valence-corrected chi connectivity index (χ3v) is 2.75. The molecule has 0 saturated heterocycles. The van der Waals surface area contributed by atoms with E-state index in [2.05, 4.69) is 15.3 Å². The number of nitro groups is 1. The Morgan fingerprint density at radius 3 is 3.00 bits per heavy atom. The van der Waals surface area contributed by atoms with Crippen LogP contribution in [0.4, 0.5) is 11.5 Å². The predicted molar refractivity (Wildman–Crippen MR) is 65.2 cm³/mol. The smallest absolute Gasteiger partial charge is 0.348 e. The average molecular weight is 263 g/mol.